The second-order valence-electron chi connectivity index (χ2n) is 8.99. The molecule has 0 aromatic heterocycles. The molecule has 3 N–H and O–H groups in total. The summed E-state index contributed by atoms with van der Waals surface area (Å²) < 4.78 is 0. The van der Waals surface area contributed by atoms with E-state index in [1.54, 1.807) is 17.7 Å². The zero-order chi connectivity index (χ0) is 21.6. The summed E-state index contributed by atoms with van der Waals surface area (Å²) in [6.45, 7) is 2.89. The minimum atomic E-state index is -0.850. The summed E-state index contributed by atoms with van der Waals surface area (Å²) in [5.74, 6) is -0.161. The predicted molar refractivity (Wildman–Crippen MR) is 126 cm³/mol. The zero-order valence-corrected chi connectivity index (χ0v) is 18.4. The van der Waals surface area contributed by atoms with E-state index in [9.17, 15) is 9.90 Å². The van der Waals surface area contributed by atoms with Crippen LogP contribution >= 0.6 is 0 Å². The summed E-state index contributed by atoms with van der Waals surface area (Å²) in [6, 6.07) is 19.6. The normalized spacial score (nSPS) is 25.9. The molecular weight excluding hydrogens is 384 g/mol. The van der Waals surface area contributed by atoms with Crippen molar-refractivity contribution in [3.05, 3.63) is 76.9 Å². The van der Waals surface area contributed by atoms with E-state index in [2.05, 4.69) is 54.0 Å². The van der Waals surface area contributed by atoms with E-state index in [1.807, 2.05) is 12.1 Å². The highest BCUT2D eigenvalue weighted by atomic mass is 16.4. The van der Waals surface area contributed by atoms with E-state index in [1.165, 1.54) is 24.8 Å². The molecule has 2 aliphatic carbocycles. The number of carboxylic acid groups (broad SMARTS) is 1. The largest absolute Gasteiger partial charge is 0.478 e. The van der Waals surface area contributed by atoms with Crippen LogP contribution in [0, 0.1) is 5.92 Å². The van der Waals surface area contributed by atoms with Gasteiger partial charge in [0.05, 0.1) is 5.56 Å². The molecule has 2 aliphatic rings. The van der Waals surface area contributed by atoms with Crippen LogP contribution in [0.1, 0.15) is 66.9 Å². The summed E-state index contributed by atoms with van der Waals surface area (Å²) >= 11 is 0. The molecule has 0 bridgehead atoms. The average molecular weight is 419 g/mol. The lowest BCUT2D eigenvalue weighted by atomic mass is 9.90. The summed E-state index contributed by atoms with van der Waals surface area (Å²) in [5.41, 5.74) is 4.14. The predicted octanol–water partition coefficient (Wildman–Crippen LogP) is 5.26. The van der Waals surface area contributed by atoms with Gasteiger partial charge in [-0.1, -0.05) is 67.1 Å². The van der Waals surface area contributed by atoms with Gasteiger partial charge in [-0.2, -0.15) is 0 Å². The Labute approximate surface area is 185 Å². The van der Waals surface area contributed by atoms with E-state index in [0.717, 1.165) is 24.8 Å². The fraction of sp³-hybridized carbons (Fsp3) is 0.444. The highest BCUT2D eigenvalue weighted by molar-refractivity contribution is 5.89. The first-order valence-electron chi connectivity index (χ1n) is 11.7. The van der Waals surface area contributed by atoms with Crippen LogP contribution < -0.4 is 10.6 Å². The Morgan fingerprint density at radius 3 is 2.39 bits per heavy atom. The number of aromatic carboxylic acids is 1. The molecule has 0 aliphatic heterocycles. The van der Waals surface area contributed by atoms with Gasteiger partial charge in [-0.3, -0.25) is 0 Å². The van der Waals surface area contributed by atoms with E-state index in [4.69, 9.17) is 0 Å². The maximum atomic E-state index is 11.4. The third kappa shape index (κ3) is 5.84. The number of hydrogen-bond acceptors (Lipinski definition) is 3. The Balaban J connectivity index is 1.22. The molecule has 4 rings (SSSR count). The van der Waals surface area contributed by atoms with Crippen molar-refractivity contribution in [3.63, 3.8) is 0 Å². The van der Waals surface area contributed by atoms with Gasteiger partial charge in [0.15, 0.2) is 0 Å². The highest BCUT2D eigenvalue weighted by Gasteiger charge is 2.40. The van der Waals surface area contributed by atoms with Crippen LogP contribution in [0.3, 0.4) is 0 Å². The van der Waals surface area contributed by atoms with Crippen LogP contribution in [0.4, 0.5) is 0 Å². The SMILES string of the molecule is CCC(=Cc1ccccc1)C1CC1NC1CCC(NCc2ccccc2C(=O)O)CC1. The number of carboxylic acids is 1. The van der Waals surface area contributed by atoms with E-state index < -0.39 is 5.97 Å². The summed E-state index contributed by atoms with van der Waals surface area (Å²) in [7, 11) is 0. The fourth-order valence-corrected chi connectivity index (χ4v) is 4.93. The Morgan fingerprint density at radius 2 is 1.68 bits per heavy atom. The molecule has 2 aromatic carbocycles. The minimum Gasteiger partial charge on any atom is -0.478 e. The molecule has 2 unspecified atom stereocenters. The van der Waals surface area contributed by atoms with Crippen LogP contribution in [0.5, 0.6) is 0 Å². The Bertz CT molecular complexity index is 900. The van der Waals surface area contributed by atoms with Crippen molar-refractivity contribution in [1.29, 1.82) is 0 Å². The third-order valence-electron chi connectivity index (χ3n) is 6.83. The number of benzene rings is 2. The van der Waals surface area contributed by atoms with Crippen molar-refractivity contribution >= 4 is 12.0 Å². The smallest absolute Gasteiger partial charge is 0.336 e. The lowest BCUT2D eigenvalue weighted by Crippen LogP contribution is -2.41. The van der Waals surface area contributed by atoms with Crippen molar-refractivity contribution in [2.75, 3.05) is 0 Å². The fourth-order valence-electron chi connectivity index (χ4n) is 4.93. The van der Waals surface area contributed by atoms with Crippen molar-refractivity contribution in [3.8, 4) is 0 Å². The van der Waals surface area contributed by atoms with Gasteiger partial charge in [0.1, 0.15) is 0 Å². The lowest BCUT2D eigenvalue weighted by molar-refractivity contribution is 0.0695. The summed E-state index contributed by atoms with van der Waals surface area (Å²) in [4.78, 5) is 11.4. The lowest BCUT2D eigenvalue weighted by Gasteiger charge is -2.30. The second-order valence-corrected chi connectivity index (χ2v) is 8.99. The maximum absolute atomic E-state index is 11.4. The minimum absolute atomic E-state index is 0.403. The molecule has 0 saturated heterocycles. The van der Waals surface area contributed by atoms with Crippen LogP contribution in [-0.2, 0) is 6.54 Å². The molecule has 2 saturated carbocycles. The first-order chi connectivity index (χ1) is 15.1. The van der Waals surface area contributed by atoms with Crippen LogP contribution in [0.15, 0.2) is 60.2 Å². The van der Waals surface area contributed by atoms with Crippen LogP contribution in [0.25, 0.3) is 6.08 Å². The van der Waals surface area contributed by atoms with E-state index in [-0.39, 0.29) is 0 Å². The van der Waals surface area contributed by atoms with Crippen molar-refractivity contribution in [2.24, 2.45) is 5.92 Å². The third-order valence-corrected chi connectivity index (χ3v) is 6.83. The monoisotopic (exact) mass is 418 g/mol. The highest BCUT2D eigenvalue weighted by Crippen LogP contribution is 2.40. The molecule has 4 heteroatoms. The summed E-state index contributed by atoms with van der Waals surface area (Å²) in [6.07, 6.45) is 9.41. The van der Waals surface area contributed by atoms with Gasteiger partial charge in [-0.15, -0.1) is 0 Å². The number of carbonyl (C=O) groups is 1. The number of hydrogen-bond donors (Lipinski definition) is 3. The topological polar surface area (TPSA) is 61.4 Å². The van der Waals surface area contributed by atoms with Gasteiger partial charge in [-0.05, 0) is 61.6 Å². The molecular formula is C27H34N2O2. The molecule has 0 radical (unpaired) electrons. The number of rotatable bonds is 9. The molecule has 4 nitrogen and oxygen atoms in total. The van der Waals surface area contributed by atoms with Crippen molar-refractivity contribution in [1.82, 2.24) is 10.6 Å². The van der Waals surface area contributed by atoms with Crippen molar-refractivity contribution in [2.45, 2.75) is 70.1 Å². The van der Waals surface area contributed by atoms with Gasteiger partial charge in [-0.25, -0.2) is 4.79 Å². The van der Waals surface area contributed by atoms with E-state index in [0.29, 0.717) is 36.2 Å². The van der Waals surface area contributed by atoms with Gasteiger partial charge in [0.25, 0.3) is 0 Å². The molecule has 164 valence electrons. The zero-order valence-electron chi connectivity index (χ0n) is 18.4. The Morgan fingerprint density at radius 1 is 1.00 bits per heavy atom. The van der Waals surface area contributed by atoms with Crippen molar-refractivity contribution < 1.29 is 9.90 Å². The Hall–Kier alpha value is -2.43. The van der Waals surface area contributed by atoms with Gasteiger partial charge in [0, 0.05) is 24.7 Å². The second kappa shape index (κ2) is 10.3. The first-order valence-corrected chi connectivity index (χ1v) is 11.7. The Kier molecular flexibility index (Phi) is 7.21. The van der Waals surface area contributed by atoms with E-state index >= 15 is 0 Å². The molecule has 0 amide bonds. The molecule has 2 fully saturated rings. The summed E-state index contributed by atoms with van der Waals surface area (Å²) in [5, 5.41) is 16.8. The first kappa shape index (κ1) is 21.8. The number of nitrogens with one attached hydrogen (secondary N) is 2. The quantitative estimate of drug-likeness (QED) is 0.520. The standard InChI is InChI=1S/C27H34N2O2/c1-2-20(16-19-8-4-3-5-9-19)25-17-26(25)29-23-14-12-22(13-15-23)28-18-21-10-6-7-11-24(21)27(30)31/h3-11,16,22-23,25-26,28-29H,2,12-15,17-18H2,1H3,(H,30,31). The molecule has 31 heavy (non-hydrogen) atoms. The maximum Gasteiger partial charge on any atom is 0.336 e. The van der Waals surface area contributed by atoms with Crippen LogP contribution in [-0.4, -0.2) is 29.2 Å². The van der Waals surface area contributed by atoms with Gasteiger partial charge in [0.2, 0.25) is 0 Å². The molecule has 0 spiro atoms. The van der Waals surface area contributed by atoms with Gasteiger partial charge < -0.3 is 15.7 Å². The molecule has 0 heterocycles. The molecule has 2 atom stereocenters. The van der Waals surface area contributed by atoms with Gasteiger partial charge >= 0.3 is 5.97 Å². The molecule has 2 aromatic rings. The van der Waals surface area contributed by atoms with Crippen LogP contribution in [0.2, 0.25) is 0 Å². The average Bonchev–Trinajstić information content (AvgIpc) is 3.56.